The van der Waals surface area contributed by atoms with Gasteiger partial charge < -0.3 is 15.5 Å². The normalized spacial score (nSPS) is 17.8. The minimum Gasteiger partial charge on any atom is -0.336 e. The van der Waals surface area contributed by atoms with E-state index in [9.17, 15) is 23.2 Å². The monoisotopic (exact) mass is 394 g/mol. The molecule has 1 aromatic carbocycles. The van der Waals surface area contributed by atoms with Crippen molar-refractivity contribution >= 4 is 18.0 Å². The molecule has 2 heterocycles. The number of nitrogens with zero attached hydrogens (tertiary/aromatic N) is 2. The van der Waals surface area contributed by atoms with Gasteiger partial charge in [-0.1, -0.05) is 6.07 Å². The fourth-order valence-corrected chi connectivity index (χ4v) is 3.58. The van der Waals surface area contributed by atoms with Crippen LogP contribution in [0.4, 0.5) is 18.4 Å². The lowest BCUT2D eigenvalue weighted by atomic mass is 9.90. The molecule has 28 heavy (non-hydrogen) atoms. The van der Waals surface area contributed by atoms with Gasteiger partial charge in [0.25, 0.3) is 0 Å². The smallest absolute Gasteiger partial charge is 0.324 e. The van der Waals surface area contributed by atoms with E-state index in [0.717, 1.165) is 30.2 Å². The molecule has 0 saturated carbocycles. The Hall–Kier alpha value is -2.71. The van der Waals surface area contributed by atoms with Gasteiger partial charge in [0, 0.05) is 32.2 Å². The van der Waals surface area contributed by atoms with Gasteiger partial charge in [-0.15, -0.1) is 0 Å². The fourth-order valence-electron chi connectivity index (χ4n) is 3.58. The van der Waals surface area contributed by atoms with Crippen molar-refractivity contribution < 1.29 is 23.2 Å². The van der Waals surface area contributed by atoms with E-state index < -0.39 is 17.7 Å². The Morgan fingerprint density at radius 1 is 1.21 bits per heavy atom. The van der Waals surface area contributed by atoms with Crippen molar-refractivity contribution in [3.63, 3.8) is 0 Å². The third-order valence-corrected chi connectivity index (χ3v) is 5.29. The molecule has 9 heteroatoms. The maximum absolute atomic E-state index is 13.7. The zero-order valence-electron chi connectivity index (χ0n) is 15.5. The number of imide groups is 1. The summed E-state index contributed by atoms with van der Waals surface area (Å²) in [7, 11) is 0. The quantitative estimate of drug-likeness (QED) is 0.723. The molecule has 2 fully saturated rings. The van der Waals surface area contributed by atoms with Crippen molar-refractivity contribution in [2.24, 2.45) is 5.92 Å². The lowest BCUT2D eigenvalue weighted by Gasteiger charge is -2.32. The molecule has 0 aromatic heterocycles. The first-order valence-electron chi connectivity index (χ1n) is 9.49. The van der Waals surface area contributed by atoms with Crippen molar-refractivity contribution in [3.05, 3.63) is 35.4 Å². The average Bonchev–Trinajstić information content (AvgIpc) is 2.99. The largest absolute Gasteiger partial charge is 0.336 e. The molecule has 2 aliphatic rings. The van der Waals surface area contributed by atoms with Crippen LogP contribution in [0, 0.1) is 17.6 Å². The summed E-state index contributed by atoms with van der Waals surface area (Å²) in [5, 5.41) is 5.16. The molecule has 7 nitrogen and oxygen atoms in total. The molecule has 0 unspecified atom stereocenters. The van der Waals surface area contributed by atoms with Gasteiger partial charge in [0.15, 0.2) is 0 Å². The Labute approximate surface area is 162 Å². The zero-order valence-corrected chi connectivity index (χ0v) is 15.5. The number of hydrogen-bond acceptors (Lipinski definition) is 3. The van der Waals surface area contributed by atoms with E-state index in [-0.39, 0.29) is 31.6 Å². The molecule has 0 aliphatic carbocycles. The molecule has 1 aromatic rings. The second kappa shape index (κ2) is 8.99. The number of carbonyl (C=O) groups excluding carboxylic acids is 3. The zero-order chi connectivity index (χ0) is 20.1. The van der Waals surface area contributed by atoms with E-state index in [1.807, 2.05) is 0 Å². The first-order chi connectivity index (χ1) is 13.4. The summed E-state index contributed by atoms with van der Waals surface area (Å²) in [5.41, 5.74) is 0.516. The van der Waals surface area contributed by atoms with E-state index in [2.05, 4.69) is 10.6 Å². The highest BCUT2D eigenvalue weighted by atomic mass is 19.1. The molecule has 0 bridgehead atoms. The van der Waals surface area contributed by atoms with Gasteiger partial charge in [0.2, 0.25) is 5.91 Å². The lowest BCUT2D eigenvalue weighted by Crippen LogP contribution is -2.47. The van der Waals surface area contributed by atoms with E-state index in [1.54, 1.807) is 4.90 Å². The molecule has 3 rings (SSSR count). The maximum Gasteiger partial charge on any atom is 0.324 e. The van der Waals surface area contributed by atoms with Gasteiger partial charge in [-0.2, -0.15) is 0 Å². The molecule has 0 radical (unpaired) electrons. The van der Waals surface area contributed by atoms with Crippen LogP contribution >= 0.6 is 0 Å². The molecule has 5 amide bonds. The number of aryl methyl sites for hydroxylation is 1. The summed E-state index contributed by atoms with van der Waals surface area (Å²) in [4.78, 5) is 37.9. The van der Waals surface area contributed by atoms with Crippen LogP contribution in [0.2, 0.25) is 0 Å². The van der Waals surface area contributed by atoms with E-state index >= 15 is 0 Å². The summed E-state index contributed by atoms with van der Waals surface area (Å²) < 4.78 is 26.7. The fraction of sp³-hybridized carbons (Fsp3) is 0.526. The van der Waals surface area contributed by atoms with Crippen LogP contribution in [0.25, 0.3) is 0 Å². The van der Waals surface area contributed by atoms with Crippen LogP contribution in [0.3, 0.4) is 0 Å². The van der Waals surface area contributed by atoms with Crippen molar-refractivity contribution in [1.82, 2.24) is 20.4 Å². The molecular weight excluding hydrogens is 370 g/mol. The van der Waals surface area contributed by atoms with Gasteiger partial charge in [-0.3, -0.25) is 9.69 Å². The van der Waals surface area contributed by atoms with Crippen molar-refractivity contribution in [1.29, 1.82) is 0 Å². The number of rotatable bonds is 6. The second-order valence-electron chi connectivity index (χ2n) is 7.14. The minimum absolute atomic E-state index is 0.00210. The SMILES string of the molecule is O=C(NCCN1C(=O)CNC1=O)N1CCC(CCc2ccc(F)cc2F)CC1. The minimum atomic E-state index is -0.574. The Bertz CT molecular complexity index is 735. The second-order valence-corrected chi connectivity index (χ2v) is 7.14. The highest BCUT2D eigenvalue weighted by molar-refractivity contribution is 6.01. The topological polar surface area (TPSA) is 81.8 Å². The van der Waals surface area contributed by atoms with Gasteiger partial charge in [0.05, 0.1) is 6.54 Å². The molecule has 2 saturated heterocycles. The Morgan fingerprint density at radius 3 is 2.61 bits per heavy atom. The predicted molar refractivity (Wildman–Crippen MR) is 97.5 cm³/mol. The third-order valence-electron chi connectivity index (χ3n) is 5.29. The number of benzene rings is 1. The Kier molecular flexibility index (Phi) is 6.43. The van der Waals surface area contributed by atoms with Crippen molar-refractivity contribution in [2.75, 3.05) is 32.7 Å². The number of urea groups is 2. The Morgan fingerprint density at radius 2 is 1.96 bits per heavy atom. The summed E-state index contributed by atoms with van der Waals surface area (Å²) in [6.45, 7) is 1.57. The van der Waals surface area contributed by atoms with Crippen LogP contribution in [-0.2, 0) is 11.2 Å². The van der Waals surface area contributed by atoms with Gasteiger partial charge >= 0.3 is 12.1 Å². The molecular formula is C19H24F2N4O3. The number of hydrogen-bond donors (Lipinski definition) is 2. The van der Waals surface area contributed by atoms with Crippen LogP contribution in [-0.4, -0.2) is 60.5 Å². The highest BCUT2D eigenvalue weighted by Crippen LogP contribution is 2.23. The summed E-state index contributed by atoms with van der Waals surface area (Å²) in [6, 6.07) is 3.01. The summed E-state index contributed by atoms with van der Waals surface area (Å²) in [6.07, 6.45) is 2.99. The first kappa shape index (κ1) is 20.0. The molecule has 0 spiro atoms. The van der Waals surface area contributed by atoms with Gasteiger partial charge in [-0.05, 0) is 43.2 Å². The molecule has 0 atom stereocenters. The Balaban J connectivity index is 1.35. The number of carbonyl (C=O) groups is 3. The van der Waals surface area contributed by atoms with Gasteiger partial charge in [0.1, 0.15) is 11.6 Å². The maximum atomic E-state index is 13.7. The number of likely N-dealkylation sites (tertiary alicyclic amines) is 1. The van der Waals surface area contributed by atoms with Gasteiger partial charge in [-0.25, -0.2) is 18.4 Å². The number of piperidine rings is 1. The first-order valence-corrected chi connectivity index (χ1v) is 9.49. The van der Waals surface area contributed by atoms with Crippen molar-refractivity contribution in [2.45, 2.75) is 25.7 Å². The average molecular weight is 394 g/mol. The lowest BCUT2D eigenvalue weighted by molar-refractivity contribution is -0.124. The highest BCUT2D eigenvalue weighted by Gasteiger charge is 2.28. The van der Waals surface area contributed by atoms with Crippen LogP contribution in [0.5, 0.6) is 0 Å². The number of nitrogens with one attached hydrogen (secondary N) is 2. The van der Waals surface area contributed by atoms with E-state index in [1.165, 1.54) is 12.1 Å². The summed E-state index contributed by atoms with van der Waals surface area (Å²) in [5.74, 6) is -0.991. The molecule has 2 aliphatic heterocycles. The van der Waals surface area contributed by atoms with E-state index in [4.69, 9.17) is 0 Å². The van der Waals surface area contributed by atoms with E-state index in [0.29, 0.717) is 31.0 Å². The predicted octanol–water partition coefficient (Wildman–Crippen LogP) is 1.87. The van der Waals surface area contributed by atoms with Crippen LogP contribution < -0.4 is 10.6 Å². The number of halogens is 2. The van der Waals surface area contributed by atoms with Crippen LogP contribution in [0.1, 0.15) is 24.8 Å². The number of amides is 5. The third kappa shape index (κ3) is 4.96. The van der Waals surface area contributed by atoms with Crippen molar-refractivity contribution in [3.8, 4) is 0 Å². The summed E-state index contributed by atoms with van der Waals surface area (Å²) >= 11 is 0. The van der Waals surface area contributed by atoms with Crippen LogP contribution in [0.15, 0.2) is 18.2 Å². The standard InChI is InChI=1S/C19H24F2N4O3/c20-15-4-3-14(16(21)11-15)2-1-13-5-8-24(9-6-13)18(27)22-7-10-25-17(26)12-23-19(25)28/h3-4,11,13H,1-2,5-10,12H2,(H,22,27)(H,23,28). The molecule has 2 N–H and O–H groups in total. The molecule has 152 valence electrons.